The van der Waals surface area contributed by atoms with Crippen LogP contribution in [0.15, 0.2) is 41.3 Å². The summed E-state index contributed by atoms with van der Waals surface area (Å²) < 4.78 is 6.64. The van der Waals surface area contributed by atoms with Gasteiger partial charge in [0.2, 0.25) is 5.91 Å². The molecule has 7 nitrogen and oxygen atoms in total. The number of carbonyl (C=O) groups is 1. The fraction of sp³-hybridized carbons (Fsp3) is 0.450. The van der Waals surface area contributed by atoms with Crippen molar-refractivity contribution in [2.24, 2.45) is 13.0 Å². The Morgan fingerprint density at radius 1 is 1.37 bits per heavy atom. The van der Waals surface area contributed by atoms with Crippen LogP contribution >= 0.6 is 0 Å². The molecule has 7 heteroatoms. The molecule has 0 spiro atoms. The number of anilines is 1. The van der Waals surface area contributed by atoms with E-state index in [1.165, 1.54) is 4.68 Å². The van der Waals surface area contributed by atoms with Crippen molar-refractivity contribution in [3.05, 3.63) is 52.4 Å². The molecule has 0 saturated carbocycles. The molecule has 2 aromatic rings. The molecule has 3 rings (SSSR count). The fourth-order valence-corrected chi connectivity index (χ4v) is 3.37. The lowest BCUT2D eigenvalue weighted by molar-refractivity contribution is -0.121. The van der Waals surface area contributed by atoms with Crippen molar-refractivity contribution in [3.63, 3.8) is 0 Å². The van der Waals surface area contributed by atoms with Crippen LogP contribution in [0.4, 0.5) is 5.69 Å². The Labute approximate surface area is 158 Å². The van der Waals surface area contributed by atoms with Crippen molar-refractivity contribution >= 4 is 11.6 Å². The van der Waals surface area contributed by atoms with Gasteiger partial charge in [-0.3, -0.25) is 9.59 Å². The minimum atomic E-state index is -0.111. The molecule has 1 amide bonds. The molecule has 1 aliphatic rings. The number of hydrogen-bond acceptors (Lipinski definition) is 5. The van der Waals surface area contributed by atoms with Gasteiger partial charge in [-0.05, 0) is 30.4 Å². The second-order valence-electron chi connectivity index (χ2n) is 6.89. The Morgan fingerprint density at radius 3 is 2.96 bits per heavy atom. The summed E-state index contributed by atoms with van der Waals surface area (Å²) >= 11 is 0. The highest BCUT2D eigenvalue weighted by molar-refractivity contribution is 5.76. The first-order valence-electron chi connectivity index (χ1n) is 9.23. The summed E-state index contributed by atoms with van der Waals surface area (Å²) in [5, 5.41) is 7.11. The van der Waals surface area contributed by atoms with Crippen molar-refractivity contribution in [1.29, 1.82) is 0 Å². The lowest BCUT2D eigenvalue weighted by atomic mass is 10.1. The number of benzene rings is 1. The van der Waals surface area contributed by atoms with E-state index in [0.717, 1.165) is 36.5 Å². The third-order valence-electron chi connectivity index (χ3n) is 5.01. The van der Waals surface area contributed by atoms with Crippen LogP contribution in [0.1, 0.15) is 18.4 Å². The molecule has 2 heterocycles. The zero-order valence-corrected chi connectivity index (χ0v) is 15.9. The summed E-state index contributed by atoms with van der Waals surface area (Å²) in [7, 11) is 3.28. The maximum absolute atomic E-state index is 12.2. The predicted octanol–water partition coefficient (Wildman–Crippen LogP) is 1.36. The summed E-state index contributed by atoms with van der Waals surface area (Å²) in [4.78, 5) is 26.1. The van der Waals surface area contributed by atoms with Gasteiger partial charge in [-0.1, -0.05) is 18.2 Å². The van der Waals surface area contributed by atoms with E-state index in [9.17, 15) is 9.59 Å². The van der Waals surface area contributed by atoms with Gasteiger partial charge in [0.05, 0.1) is 19.0 Å². The Morgan fingerprint density at radius 2 is 2.19 bits per heavy atom. The van der Waals surface area contributed by atoms with Crippen LogP contribution in [0.25, 0.3) is 0 Å². The maximum Gasteiger partial charge on any atom is 0.268 e. The second kappa shape index (κ2) is 8.70. The van der Waals surface area contributed by atoms with Crippen LogP contribution < -0.4 is 20.5 Å². The molecular weight excluding hydrogens is 344 g/mol. The van der Waals surface area contributed by atoms with Gasteiger partial charge in [0.1, 0.15) is 5.75 Å². The van der Waals surface area contributed by atoms with Crippen molar-refractivity contribution < 1.29 is 9.53 Å². The van der Waals surface area contributed by atoms with Crippen LogP contribution in [0.2, 0.25) is 0 Å². The smallest absolute Gasteiger partial charge is 0.268 e. The largest absolute Gasteiger partial charge is 0.496 e. The van der Waals surface area contributed by atoms with Gasteiger partial charge in [-0.25, -0.2) is 4.68 Å². The number of amides is 1. The number of nitrogens with zero attached hydrogens (tertiary/aromatic N) is 3. The number of aromatic nitrogens is 2. The molecule has 1 aromatic carbocycles. The van der Waals surface area contributed by atoms with Crippen LogP contribution in [0.3, 0.4) is 0 Å². The van der Waals surface area contributed by atoms with Crippen molar-refractivity contribution in [2.75, 3.05) is 31.6 Å². The van der Waals surface area contributed by atoms with Gasteiger partial charge in [0.25, 0.3) is 5.56 Å². The van der Waals surface area contributed by atoms with E-state index >= 15 is 0 Å². The van der Waals surface area contributed by atoms with Crippen molar-refractivity contribution in [3.8, 4) is 5.75 Å². The summed E-state index contributed by atoms with van der Waals surface area (Å²) in [5.41, 5.74) is 1.78. The zero-order valence-electron chi connectivity index (χ0n) is 15.9. The van der Waals surface area contributed by atoms with Gasteiger partial charge in [-0.2, -0.15) is 5.10 Å². The Hall–Kier alpha value is -2.83. The third kappa shape index (κ3) is 4.87. The molecule has 1 fully saturated rings. The van der Waals surface area contributed by atoms with E-state index in [4.69, 9.17) is 4.74 Å². The van der Waals surface area contributed by atoms with Crippen molar-refractivity contribution in [2.45, 2.75) is 19.3 Å². The lowest BCUT2D eigenvalue weighted by Gasteiger charge is -2.18. The average molecular weight is 370 g/mol. The molecular formula is C20H26N4O3. The number of methoxy groups -OCH3 is 1. The number of rotatable bonds is 7. The van der Waals surface area contributed by atoms with Crippen LogP contribution in [0.5, 0.6) is 5.75 Å². The molecule has 27 heavy (non-hydrogen) atoms. The molecule has 0 unspecified atom stereocenters. The number of hydrogen-bond donors (Lipinski definition) is 1. The molecule has 0 bridgehead atoms. The third-order valence-corrected chi connectivity index (χ3v) is 5.01. The standard InChI is InChI=1S/C20H26N4O3/c1-23-20(26)11-17(13-22-23)24-10-9-15(14-24)12-21-19(25)8-7-16-5-3-4-6-18(16)27-2/h3-6,11,13,15H,7-10,12,14H2,1-2H3,(H,21,25)/t15-/m1/s1. The summed E-state index contributed by atoms with van der Waals surface area (Å²) in [6.07, 6.45) is 3.80. The van der Waals surface area contributed by atoms with E-state index in [1.54, 1.807) is 26.4 Å². The summed E-state index contributed by atoms with van der Waals surface area (Å²) in [5.74, 6) is 1.25. The Balaban J connectivity index is 1.44. The molecule has 1 N–H and O–H groups in total. The van der Waals surface area contributed by atoms with E-state index in [-0.39, 0.29) is 11.5 Å². The minimum absolute atomic E-state index is 0.0506. The first-order chi connectivity index (χ1) is 13.1. The van der Waals surface area contributed by atoms with Crippen molar-refractivity contribution in [1.82, 2.24) is 15.1 Å². The van der Waals surface area contributed by atoms with Gasteiger partial charge in [-0.15, -0.1) is 0 Å². The molecule has 1 aliphatic heterocycles. The van der Waals surface area contributed by atoms with Gasteiger partial charge >= 0.3 is 0 Å². The molecule has 144 valence electrons. The number of para-hydroxylation sites is 1. The normalized spacial score (nSPS) is 16.4. The molecule has 1 atom stereocenters. The van der Waals surface area contributed by atoms with Gasteiger partial charge in [0.15, 0.2) is 0 Å². The maximum atomic E-state index is 12.2. The zero-order chi connectivity index (χ0) is 19.2. The molecule has 0 radical (unpaired) electrons. The quantitative estimate of drug-likeness (QED) is 0.797. The van der Waals surface area contributed by atoms with E-state index in [2.05, 4.69) is 15.3 Å². The topological polar surface area (TPSA) is 76.5 Å². The van der Waals surface area contributed by atoms with E-state index in [1.807, 2.05) is 24.3 Å². The molecule has 0 aliphatic carbocycles. The number of aryl methyl sites for hydroxylation is 2. The van der Waals surface area contributed by atoms with Crippen LogP contribution in [-0.2, 0) is 18.3 Å². The predicted molar refractivity (Wildman–Crippen MR) is 104 cm³/mol. The first-order valence-corrected chi connectivity index (χ1v) is 9.23. The fourth-order valence-electron chi connectivity index (χ4n) is 3.37. The first kappa shape index (κ1) is 18.9. The monoisotopic (exact) mass is 370 g/mol. The highest BCUT2D eigenvalue weighted by atomic mass is 16.5. The van der Waals surface area contributed by atoms with Gasteiger partial charge < -0.3 is 15.0 Å². The van der Waals surface area contributed by atoms with Gasteiger partial charge in [0, 0.05) is 39.2 Å². The Bertz CT molecular complexity index is 849. The number of carbonyl (C=O) groups excluding carboxylic acids is 1. The highest BCUT2D eigenvalue weighted by Gasteiger charge is 2.23. The second-order valence-corrected chi connectivity index (χ2v) is 6.89. The average Bonchev–Trinajstić information content (AvgIpc) is 3.16. The molecule has 1 aromatic heterocycles. The van der Waals surface area contributed by atoms with E-state index < -0.39 is 0 Å². The molecule has 1 saturated heterocycles. The van der Waals surface area contributed by atoms with Crippen LogP contribution in [-0.4, -0.2) is 42.4 Å². The minimum Gasteiger partial charge on any atom is -0.496 e. The number of nitrogens with one attached hydrogen (secondary N) is 1. The summed E-state index contributed by atoms with van der Waals surface area (Å²) in [6, 6.07) is 9.38. The Kier molecular flexibility index (Phi) is 6.11. The lowest BCUT2D eigenvalue weighted by Crippen LogP contribution is -2.31. The highest BCUT2D eigenvalue weighted by Crippen LogP contribution is 2.22. The van der Waals surface area contributed by atoms with Crippen LogP contribution in [0, 0.1) is 5.92 Å². The summed E-state index contributed by atoms with van der Waals surface area (Å²) in [6.45, 7) is 2.35. The number of ether oxygens (including phenoxy) is 1. The SMILES string of the molecule is COc1ccccc1CCC(=O)NC[C@H]1CCN(c2cnn(C)c(=O)c2)C1. The van der Waals surface area contributed by atoms with E-state index in [0.29, 0.717) is 25.3 Å².